The van der Waals surface area contributed by atoms with Crippen LogP contribution in [0.1, 0.15) is 26.2 Å². The van der Waals surface area contributed by atoms with Crippen LogP contribution in [0.3, 0.4) is 0 Å². The van der Waals surface area contributed by atoms with Crippen LogP contribution in [0.2, 0.25) is 0 Å². The predicted molar refractivity (Wildman–Crippen MR) is 132 cm³/mol. The number of Topliss-reactive ketones (excluding diaryl/α,β-unsaturated/α-hetero) is 1. The molecule has 220 valence electrons. The van der Waals surface area contributed by atoms with E-state index in [1.54, 1.807) is 6.08 Å². The molecule has 0 amide bonds. The molecule has 3 aliphatic rings. The molecule has 0 aromatic heterocycles. The van der Waals surface area contributed by atoms with E-state index in [1.165, 1.54) is 14.0 Å². The summed E-state index contributed by atoms with van der Waals surface area (Å²) in [6.45, 7) is -0.369. The van der Waals surface area contributed by atoms with Gasteiger partial charge >= 0.3 is 0 Å². The van der Waals surface area contributed by atoms with Crippen molar-refractivity contribution < 1.29 is 49.3 Å². The molecule has 2 aliphatic heterocycles. The Balaban J connectivity index is 2.02. The van der Waals surface area contributed by atoms with Crippen LogP contribution >= 0.6 is 0 Å². The highest BCUT2D eigenvalue weighted by atomic mass is 16.7. The minimum absolute atomic E-state index is 0.0909. The first-order chi connectivity index (χ1) is 17.8. The van der Waals surface area contributed by atoms with Gasteiger partial charge < -0.3 is 72.7 Å². The van der Waals surface area contributed by atoms with Crippen LogP contribution in [0.5, 0.6) is 0 Å². The van der Waals surface area contributed by atoms with Crippen molar-refractivity contribution in [3.05, 3.63) is 11.8 Å². The Morgan fingerprint density at radius 2 is 1.92 bits per heavy atom. The van der Waals surface area contributed by atoms with E-state index in [1.807, 2.05) is 0 Å². The molecular formula is C23H43N5O10. The normalized spacial score (nSPS) is 45.8. The highest BCUT2D eigenvalue weighted by molar-refractivity contribution is 5.91. The Labute approximate surface area is 221 Å². The van der Waals surface area contributed by atoms with Gasteiger partial charge in [0, 0.05) is 19.1 Å². The molecule has 0 aromatic rings. The Morgan fingerprint density at radius 1 is 1.24 bits per heavy atom. The summed E-state index contributed by atoms with van der Waals surface area (Å²) < 4.78 is 23.5. The van der Waals surface area contributed by atoms with Gasteiger partial charge in [0.15, 0.2) is 12.1 Å². The summed E-state index contributed by atoms with van der Waals surface area (Å²) >= 11 is 0. The highest BCUT2D eigenvalue weighted by Gasteiger charge is 2.67. The molecule has 0 radical (unpaired) electrons. The third kappa shape index (κ3) is 5.49. The first kappa shape index (κ1) is 31.2. The van der Waals surface area contributed by atoms with Gasteiger partial charge in [0.25, 0.3) is 0 Å². The average molecular weight is 550 g/mol. The maximum Gasteiger partial charge on any atom is 0.215 e. The molecule has 14 N–H and O–H groups in total. The van der Waals surface area contributed by atoms with Crippen molar-refractivity contribution in [3.8, 4) is 0 Å². The molecule has 1 aliphatic carbocycles. The number of nitrogens with two attached hydrogens (primary N) is 4. The molecule has 1 saturated carbocycles. The monoisotopic (exact) mass is 549 g/mol. The Hall–Kier alpha value is -1.31. The van der Waals surface area contributed by atoms with Crippen LogP contribution in [-0.2, 0) is 23.7 Å². The van der Waals surface area contributed by atoms with Crippen LogP contribution in [-0.4, -0.2) is 130 Å². The molecule has 0 aromatic carbocycles. The number of ketones is 1. The Morgan fingerprint density at radius 3 is 2.50 bits per heavy atom. The van der Waals surface area contributed by atoms with Crippen molar-refractivity contribution in [1.29, 1.82) is 0 Å². The lowest BCUT2D eigenvalue weighted by Gasteiger charge is -2.58. The second-order valence-corrected chi connectivity index (χ2v) is 10.5. The summed E-state index contributed by atoms with van der Waals surface area (Å²) in [4.78, 5) is 13.1. The van der Waals surface area contributed by atoms with Crippen molar-refractivity contribution in [2.24, 2.45) is 22.9 Å². The Kier molecular flexibility index (Phi) is 9.90. The molecule has 11 atom stereocenters. The summed E-state index contributed by atoms with van der Waals surface area (Å²) in [6, 6.07) is -2.63. The van der Waals surface area contributed by atoms with Gasteiger partial charge in [-0.3, -0.25) is 4.79 Å². The maximum absolute atomic E-state index is 13.1. The van der Waals surface area contributed by atoms with E-state index in [9.17, 15) is 30.3 Å². The lowest BCUT2D eigenvalue weighted by molar-refractivity contribution is -0.342. The second-order valence-electron chi connectivity index (χ2n) is 10.5. The summed E-state index contributed by atoms with van der Waals surface area (Å²) in [5.74, 6) is -0.485. The van der Waals surface area contributed by atoms with Gasteiger partial charge in [-0.15, -0.1) is 0 Å². The molecule has 1 saturated heterocycles. The van der Waals surface area contributed by atoms with E-state index in [4.69, 9.17) is 41.9 Å². The summed E-state index contributed by atoms with van der Waals surface area (Å²) in [6.07, 6.45) is -5.82. The third-order valence-corrected chi connectivity index (χ3v) is 7.84. The molecule has 38 heavy (non-hydrogen) atoms. The zero-order chi connectivity index (χ0) is 28.5. The molecule has 0 bridgehead atoms. The smallest absolute Gasteiger partial charge is 0.215 e. The van der Waals surface area contributed by atoms with Crippen molar-refractivity contribution in [2.45, 2.75) is 91.9 Å². The number of nitrogens with one attached hydrogen (secondary N) is 1. The van der Waals surface area contributed by atoms with E-state index in [-0.39, 0.29) is 19.6 Å². The molecule has 15 heteroatoms. The van der Waals surface area contributed by atoms with Crippen LogP contribution < -0.4 is 28.3 Å². The fraction of sp³-hybridized carbons (Fsp3) is 0.870. The fourth-order valence-corrected chi connectivity index (χ4v) is 5.70. The number of aliphatic hydroxyl groups excluding tert-OH is 4. The van der Waals surface area contributed by atoms with Gasteiger partial charge in [-0.1, -0.05) is 0 Å². The van der Waals surface area contributed by atoms with E-state index in [0.717, 1.165) is 0 Å². The first-order valence-electron chi connectivity index (χ1n) is 12.6. The first-order valence-corrected chi connectivity index (χ1v) is 12.6. The molecule has 0 spiro atoms. The van der Waals surface area contributed by atoms with E-state index < -0.39 is 91.2 Å². The van der Waals surface area contributed by atoms with Crippen LogP contribution in [0.4, 0.5) is 0 Å². The number of hydrogen-bond acceptors (Lipinski definition) is 15. The van der Waals surface area contributed by atoms with Gasteiger partial charge in [-0.2, -0.15) is 0 Å². The molecule has 0 unspecified atom stereocenters. The van der Waals surface area contributed by atoms with Crippen molar-refractivity contribution in [3.63, 3.8) is 0 Å². The van der Waals surface area contributed by atoms with Crippen molar-refractivity contribution >= 4 is 5.78 Å². The zero-order valence-electron chi connectivity index (χ0n) is 21.7. The summed E-state index contributed by atoms with van der Waals surface area (Å²) in [5.41, 5.74) is 19.0. The molecule has 3 rings (SSSR count). The van der Waals surface area contributed by atoms with Gasteiger partial charge in [0.2, 0.25) is 6.29 Å². The molecule has 2 fully saturated rings. The average Bonchev–Trinajstić information content (AvgIpc) is 2.87. The van der Waals surface area contributed by atoms with Crippen LogP contribution in [0.15, 0.2) is 11.8 Å². The van der Waals surface area contributed by atoms with E-state index in [0.29, 0.717) is 12.2 Å². The van der Waals surface area contributed by atoms with Gasteiger partial charge in [-0.25, -0.2) is 0 Å². The van der Waals surface area contributed by atoms with E-state index >= 15 is 0 Å². The lowest BCUT2D eigenvalue weighted by atomic mass is 9.61. The maximum atomic E-state index is 13.1. The summed E-state index contributed by atoms with van der Waals surface area (Å²) in [7, 11) is 1.52. The predicted octanol–water partition coefficient (Wildman–Crippen LogP) is -5.17. The standard InChI is InChI=1S/C23H43N5O10/c1-21(34)10-35-20(15(32)17(21)28-2)38-23(5-6-29)18(33)16(13(26)7-22(23,27)14(31)9-30)37-19-12(25)4-3-11(8-24)36-19/h3,12-13,15-20,28-30,32-34H,4-10,24-27H2,1-2H3/t12-,13+,15-,16-,17-,18+,19-,20-,21+,22+,23-/m1/s1. The summed E-state index contributed by atoms with van der Waals surface area (Å²) in [5, 5.41) is 56.0. The number of rotatable bonds is 10. The minimum Gasteiger partial charge on any atom is -0.467 e. The van der Waals surface area contributed by atoms with Crippen LogP contribution in [0.25, 0.3) is 0 Å². The van der Waals surface area contributed by atoms with Crippen LogP contribution in [0, 0.1) is 0 Å². The topological polar surface area (TPSA) is 271 Å². The number of carbonyl (C=O) groups is 1. The largest absolute Gasteiger partial charge is 0.467 e. The molecular weight excluding hydrogens is 506 g/mol. The highest BCUT2D eigenvalue weighted by Crippen LogP contribution is 2.45. The van der Waals surface area contributed by atoms with Crippen molar-refractivity contribution in [2.75, 3.05) is 33.4 Å². The lowest BCUT2D eigenvalue weighted by Crippen LogP contribution is -2.81. The molecule has 15 nitrogen and oxygen atoms in total. The number of carbonyl (C=O) groups excluding carboxylic acids is 1. The number of likely N-dealkylation sites (N-methyl/N-ethyl adjacent to an activating group) is 1. The number of hydrogen-bond donors (Lipinski definition) is 10. The van der Waals surface area contributed by atoms with Gasteiger partial charge in [0.1, 0.15) is 47.4 Å². The fourth-order valence-electron chi connectivity index (χ4n) is 5.70. The SMILES string of the molecule is CN[C@@H]1[C@@H](O)[C@@H](O[C@]2(CCO)[C@@H](O)[C@H](O[C@H]3OC(CN)=CC[C@H]3N)[C@@H](N)C[C@]2(N)C(=O)CO)OC[C@]1(C)O. The second kappa shape index (κ2) is 12.1. The minimum atomic E-state index is -2.17. The van der Waals surface area contributed by atoms with E-state index in [2.05, 4.69) is 5.32 Å². The van der Waals surface area contributed by atoms with Crippen molar-refractivity contribution in [1.82, 2.24) is 5.32 Å². The molecule has 2 heterocycles. The number of aliphatic hydroxyl groups is 5. The quantitative estimate of drug-likeness (QED) is 0.122. The zero-order valence-corrected chi connectivity index (χ0v) is 21.7. The van der Waals surface area contributed by atoms with Gasteiger partial charge in [0.05, 0.1) is 25.2 Å². The number of ether oxygens (including phenoxy) is 4. The third-order valence-electron chi connectivity index (χ3n) is 7.84. The Bertz CT molecular complexity index is 864. The van der Waals surface area contributed by atoms with Gasteiger partial charge in [-0.05, 0) is 32.9 Å².